The van der Waals surface area contributed by atoms with E-state index in [0.29, 0.717) is 13.0 Å². The van der Waals surface area contributed by atoms with Crippen molar-refractivity contribution in [2.75, 3.05) is 13.4 Å². The summed E-state index contributed by atoms with van der Waals surface area (Å²) in [6, 6.07) is 8.09. The molecule has 1 atom stereocenters. The fourth-order valence-corrected chi connectivity index (χ4v) is 3.15. The number of ether oxygens (including phenoxy) is 2. The Balaban J connectivity index is 1.98. The lowest BCUT2D eigenvalue weighted by Gasteiger charge is -2.36. The van der Waals surface area contributed by atoms with Crippen molar-refractivity contribution in [3.05, 3.63) is 23.8 Å². The lowest BCUT2D eigenvalue weighted by atomic mass is 9.97. The van der Waals surface area contributed by atoms with Gasteiger partial charge in [-0.1, -0.05) is 26.8 Å². The van der Waals surface area contributed by atoms with Crippen LogP contribution in [0.25, 0.3) is 0 Å². The first kappa shape index (κ1) is 16.9. The molecular formula is C17H25NO3Si. The van der Waals surface area contributed by atoms with Crippen LogP contribution >= 0.6 is 0 Å². The number of rotatable bonds is 5. The minimum absolute atomic E-state index is 0.181. The summed E-state index contributed by atoms with van der Waals surface area (Å²) in [5, 5.41) is 9.64. The van der Waals surface area contributed by atoms with E-state index in [2.05, 4.69) is 39.9 Å². The van der Waals surface area contributed by atoms with Gasteiger partial charge in [0.1, 0.15) is 0 Å². The molecule has 0 saturated carbocycles. The summed E-state index contributed by atoms with van der Waals surface area (Å²) in [4.78, 5) is 0. The van der Waals surface area contributed by atoms with Gasteiger partial charge in [-0.25, -0.2) is 0 Å². The van der Waals surface area contributed by atoms with Crippen LogP contribution in [-0.2, 0) is 4.43 Å². The van der Waals surface area contributed by atoms with Gasteiger partial charge in [-0.15, -0.1) is 0 Å². The third-order valence-electron chi connectivity index (χ3n) is 4.63. The Hall–Kier alpha value is -1.51. The molecule has 2 rings (SSSR count). The molecule has 1 aliphatic heterocycles. The summed E-state index contributed by atoms with van der Waals surface area (Å²) in [6.07, 6.45) is 0.697. The minimum Gasteiger partial charge on any atom is -0.454 e. The third kappa shape index (κ3) is 3.63. The predicted molar refractivity (Wildman–Crippen MR) is 88.7 cm³/mol. The molecular weight excluding hydrogens is 294 g/mol. The Morgan fingerprint density at radius 2 is 1.95 bits per heavy atom. The smallest absolute Gasteiger partial charge is 0.231 e. The van der Waals surface area contributed by atoms with Crippen molar-refractivity contribution in [2.45, 2.75) is 51.2 Å². The summed E-state index contributed by atoms with van der Waals surface area (Å²) in [5.41, 5.74) is 0.964. The lowest BCUT2D eigenvalue weighted by Crippen LogP contribution is -2.41. The number of hydrogen-bond acceptors (Lipinski definition) is 4. The van der Waals surface area contributed by atoms with Crippen molar-refractivity contribution in [1.29, 1.82) is 5.26 Å². The Labute approximate surface area is 134 Å². The van der Waals surface area contributed by atoms with Crippen LogP contribution in [0, 0.1) is 11.3 Å². The lowest BCUT2D eigenvalue weighted by molar-refractivity contribution is 0.174. The molecule has 1 unspecified atom stereocenters. The average molecular weight is 319 g/mol. The van der Waals surface area contributed by atoms with E-state index in [1.54, 1.807) is 0 Å². The van der Waals surface area contributed by atoms with E-state index in [1.807, 2.05) is 18.2 Å². The zero-order valence-electron chi connectivity index (χ0n) is 14.1. The number of hydrogen-bond donors (Lipinski definition) is 0. The first-order chi connectivity index (χ1) is 10.2. The molecule has 0 aromatic heterocycles. The van der Waals surface area contributed by atoms with Crippen LogP contribution in [0.2, 0.25) is 18.1 Å². The predicted octanol–water partition coefficient (Wildman–Crippen LogP) is 4.43. The molecule has 22 heavy (non-hydrogen) atoms. The number of nitriles is 1. The first-order valence-corrected chi connectivity index (χ1v) is 10.6. The second-order valence-corrected chi connectivity index (χ2v) is 12.0. The standard InChI is InChI=1S/C17H25NO3Si/c1-17(2,3)22(4,5)21-9-8-14(11-18)13-6-7-15-16(10-13)20-12-19-15/h6-7,10,14H,8-9,12H2,1-5H3. The molecule has 0 aliphatic carbocycles. The maximum atomic E-state index is 9.45. The Kier molecular flexibility index (Phi) is 4.83. The maximum absolute atomic E-state index is 9.45. The Morgan fingerprint density at radius 3 is 2.59 bits per heavy atom. The number of benzene rings is 1. The van der Waals surface area contributed by atoms with Crippen LogP contribution < -0.4 is 9.47 Å². The van der Waals surface area contributed by atoms with Crippen LogP contribution in [-0.4, -0.2) is 21.7 Å². The molecule has 120 valence electrons. The van der Waals surface area contributed by atoms with Crippen molar-refractivity contribution in [2.24, 2.45) is 0 Å². The Bertz CT molecular complexity index is 572. The summed E-state index contributed by atoms with van der Waals surface area (Å²) < 4.78 is 16.9. The highest BCUT2D eigenvalue weighted by Gasteiger charge is 2.37. The van der Waals surface area contributed by atoms with Crippen molar-refractivity contribution in [3.63, 3.8) is 0 Å². The van der Waals surface area contributed by atoms with Crippen molar-refractivity contribution in [1.82, 2.24) is 0 Å². The van der Waals surface area contributed by atoms with Gasteiger partial charge < -0.3 is 13.9 Å². The van der Waals surface area contributed by atoms with E-state index >= 15 is 0 Å². The highest BCUT2D eigenvalue weighted by Crippen LogP contribution is 2.38. The van der Waals surface area contributed by atoms with Gasteiger partial charge in [0, 0.05) is 6.61 Å². The van der Waals surface area contributed by atoms with Gasteiger partial charge in [0.25, 0.3) is 0 Å². The van der Waals surface area contributed by atoms with E-state index < -0.39 is 8.32 Å². The average Bonchev–Trinajstić information content (AvgIpc) is 2.89. The molecule has 5 heteroatoms. The van der Waals surface area contributed by atoms with Gasteiger partial charge in [0.2, 0.25) is 6.79 Å². The second kappa shape index (κ2) is 6.31. The summed E-state index contributed by atoms with van der Waals surface area (Å²) in [7, 11) is -1.76. The molecule has 0 amide bonds. The van der Waals surface area contributed by atoms with Crippen LogP contribution in [0.4, 0.5) is 0 Å². The van der Waals surface area contributed by atoms with Gasteiger partial charge in [-0.2, -0.15) is 5.26 Å². The molecule has 1 heterocycles. The molecule has 0 N–H and O–H groups in total. The van der Waals surface area contributed by atoms with Crippen LogP contribution in [0.15, 0.2) is 18.2 Å². The van der Waals surface area contributed by atoms with Gasteiger partial charge >= 0.3 is 0 Å². The summed E-state index contributed by atoms with van der Waals surface area (Å²) in [6.45, 7) is 12.0. The van der Waals surface area contributed by atoms with Gasteiger partial charge in [-0.3, -0.25) is 0 Å². The molecule has 0 spiro atoms. The topological polar surface area (TPSA) is 51.5 Å². The zero-order valence-corrected chi connectivity index (χ0v) is 15.1. The zero-order chi connectivity index (χ0) is 16.4. The van der Waals surface area contributed by atoms with E-state index in [9.17, 15) is 5.26 Å². The van der Waals surface area contributed by atoms with E-state index in [4.69, 9.17) is 13.9 Å². The molecule has 1 aliphatic rings. The quantitative estimate of drug-likeness (QED) is 0.753. The van der Waals surface area contributed by atoms with Crippen LogP contribution in [0.5, 0.6) is 11.5 Å². The minimum atomic E-state index is -1.76. The summed E-state index contributed by atoms with van der Waals surface area (Å²) >= 11 is 0. The van der Waals surface area contributed by atoms with Gasteiger partial charge in [-0.05, 0) is 42.2 Å². The molecule has 1 aromatic carbocycles. The number of fused-ring (bicyclic) bond motifs is 1. The fraction of sp³-hybridized carbons (Fsp3) is 0.588. The van der Waals surface area contributed by atoms with Gasteiger partial charge in [0.05, 0.1) is 12.0 Å². The highest BCUT2D eigenvalue weighted by atomic mass is 28.4. The largest absolute Gasteiger partial charge is 0.454 e. The van der Waals surface area contributed by atoms with Crippen LogP contribution in [0.3, 0.4) is 0 Å². The molecule has 0 saturated heterocycles. The normalized spacial score (nSPS) is 15.5. The molecule has 1 aromatic rings. The van der Waals surface area contributed by atoms with E-state index in [0.717, 1.165) is 17.1 Å². The monoisotopic (exact) mass is 319 g/mol. The highest BCUT2D eigenvalue weighted by molar-refractivity contribution is 6.74. The molecule has 0 bridgehead atoms. The summed E-state index contributed by atoms with van der Waals surface area (Å²) in [5.74, 6) is 1.29. The molecule has 4 nitrogen and oxygen atoms in total. The van der Waals surface area contributed by atoms with E-state index in [1.165, 1.54) is 0 Å². The van der Waals surface area contributed by atoms with Crippen molar-refractivity contribution in [3.8, 4) is 17.6 Å². The fourth-order valence-electron chi connectivity index (χ4n) is 2.08. The Morgan fingerprint density at radius 1 is 1.27 bits per heavy atom. The van der Waals surface area contributed by atoms with Gasteiger partial charge in [0.15, 0.2) is 19.8 Å². The van der Waals surface area contributed by atoms with Crippen molar-refractivity contribution < 1.29 is 13.9 Å². The van der Waals surface area contributed by atoms with E-state index in [-0.39, 0.29) is 17.7 Å². The second-order valence-electron chi connectivity index (χ2n) is 7.19. The number of nitrogens with zero attached hydrogens (tertiary/aromatic N) is 1. The SMILES string of the molecule is CC(C)(C)[Si](C)(C)OCCC(C#N)c1ccc2c(c1)OCO2. The van der Waals surface area contributed by atoms with Crippen molar-refractivity contribution >= 4 is 8.32 Å². The van der Waals surface area contributed by atoms with Crippen LogP contribution in [0.1, 0.15) is 38.7 Å². The molecule has 0 radical (unpaired) electrons. The molecule has 0 fully saturated rings. The first-order valence-electron chi connectivity index (χ1n) is 7.68. The third-order valence-corrected chi connectivity index (χ3v) is 9.17. The maximum Gasteiger partial charge on any atom is 0.231 e.